The van der Waals surface area contributed by atoms with Gasteiger partial charge in [0.15, 0.2) is 6.61 Å². The molecule has 0 spiro atoms. The van der Waals surface area contributed by atoms with E-state index < -0.39 is 6.17 Å². The standard InChI is InChI=1S/C36H31N3O3/c1-26-16-20-29(21-17-26)37-34(40)25-42-31-22-18-28(19-23-31)35-38(24-27-10-4-2-5-11-27)33-15-9-8-14-32(33)36(41)39(35)30-12-6-3-7-13-30/h2-23,35H,24-25H2,1H3,(H,37,40)/t35-/m1/s1. The predicted molar refractivity (Wildman–Crippen MR) is 167 cm³/mol. The van der Waals surface area contributed by atoms with Crippen molar-refractivity contribution in [2.75, 3.05) is 21.7 Å². The molecule has 6 heteroatoms. The molecule has 0 unspecified atom stereocenters. The topological polar surface area (TPSA) is 61.9 Å². The molecule has 1 aliphatic rings. The van der Waals surface area contributed by atoms with Crippen molar-refractivity contribution in [3.63, 3.8) is 0 Å². The second-order valence-corrected chi connectivity index (χ2v) is 10.3. The summed E-state index contributed by atoms with van der Waals surface area (Å²) in [6.07, 6.45) is -0.408. The van der Waals surface area contributed by atoms with Crippen LogP contribution in [0.1, 0.15) is 33.2 Å². The Morgan fingerprint density at radius 3 is 2.12 bits per heavy atom. The maximum atomic E-state index is 14.0. The number of carbonyl (C=O) groups excluding carboxylic acids is 2. The second-order valence-electron chi connectivity index (χ2n) is 10.3. The van der Waals surface area contributed by atoms with Gasteiger partial charge in [-0.1, -0.05) is 90.5 Å². The van der Waals surface area contributed by atoms with Crippen molar-refractivity contribution < 1.29 is 14.3 Å². The number of para-hydroxylation sites is 2. The lowest BCUT2D eigenvalue weighted by atomic mass is 9.99. The van der Waals surface area contributed by atoms with Crippen LogP contribution in [0.5, 0.6) is 5.75 Å². The van der Waals surface area contributed by atoms with E-state index in [0.29, 0.717) is 17.9 Å². The predicted octanol–water partition coefficient (Wildman–Crippen LogP) is 7.38. The first kappa shape index (κ1) is 26.8. The Morgan fingerprint density at radius 1 is 0.762 bits per heavy atom. The highest BCUT2D eigenvalue weighted by Crippen LogP contribution is 2.42. The smallest absolute Gasteiger partial charge is 0.262 e. The van der Waals surface area contributed by atoms with Gasteiger partial charge in [-0.05, 0) is 66.6 Å². The Kier molecular flexibility index (Phi) is 7.68. The van der Waals surface area contributed by atoms with E-state index in [1.165, 1.54) is 0 Å². The minimum absolute atomic E-state index is 0.0563. The SMILES string of the molecule is Cc1ccc(NC(=O)COc2ccc([C@@H]3N(Cc4ccccc4)c4ccccc4C(=O)N3c3ccccc3)cc2)cc1. The van der Waals surface area contributed by atoms with Crippen LogP contribution in [0.4, 0.5) is 17.1 Å². The quantitative estimate of drug-likeness (QED) is 0.218. The lowest BCUT2D eigenvalue weighted by molar-refractivity contribution is -0.118. The van der Waals surface area contributed by atoms with Gasteiger partial charge in [0.05, 0.1) is 11.3 Å². The van der Waals surface area contributed by atoms with Crippen LogP contribution in [0.25, 0.3) is 0 Å². The number of carbonyl (C=O) groups is 2. The van der Waals surface area contributed by atoms with Gasteiger partial charge in [0.25, 0.3) is 11.8 Å². The molecule has 0 saturated carbocycles. The zero-order valence-electron chi connectivity index (χ0n) is 23.3. The molecular formula is C36H31N3O3. The Balaban J connectivity index is 1.30. The molecule has 0 radical (unpaired) electrons. The summed E-state index contributed by atoms with van der Waals surface area (Å²) in [5.41, 5.74) is 6.28. The van der Waals surface area contributed by atoms with Crippen molar-refractivity contribution in [3.05, 3.63) is 156 Å². The third-order valence-corrected chi connectivity index (χ3v) is 7.32. The largest absolute Gasteiger partial charge is 0.484 e. The van der Waals surface area contributed by atoms with Crippen LogP contribution in [0, 0.1) is 6.92 Å². The van der Waals surface area contributed by atoms with Crippen LogP contribution in [0.3, 0.4) is 0 Å². The Bertz CT molecular complexity index is 1670. The fraction of sp³-hybridized carbons (Fsp3) is 0.111. The summed E-state index contributed by atoms with van der Waals surface area (Å²) >= 11 is 0. The molecule has 208 valence electrons. The summed E-state index contributed by atoms with van der Waals surface area (Å²) in [4.78, 5) is 30.6. The third-order valence-electron chi connectivity index (χ3n) is 7.32. The number of hydrogen-bond acceptors (Lipinski definition) is 4. The Hall–Kier alpha value is -5.36. The van der Waals surface area contributed by atoms with Crippen LogP contribution in [0.15, 0.2) is 133 Å². The lowest BCUT2D eigenvalue weighted by Gasteiger charge is -2.46. The minimum Gasteiger partial charge on any atom is -0.484 e. The molecule has 0 saturated heterocycles. The molecule has 42 heavy (non-hydrogen) atoms. The van der Waals surface area contributed by atoms with Crippen molar-refractivity contribution >= 4 is 28.9 Å². The van der Waals surface area contributed by atoms with Gasteiger partial charge in [-0.15, -0.1) is 0 Å². The average molecular weight is 554 g/mol. The summed E-state index contributed by atoms with van der Waals surface area (Å²) in [5.74, 6) is 0.280. The van der Waals surface area contributed by atoms with E-state index in [0.717, 1.165) is 33.8 Å². The van der Waals surface area contributed by atoms with E-state index in [-0.39, 0.29) is 18.4 Å². The Morgan fingerprint density at radius 2 is 1.40 bits per heavy atom. The van der Waals surface area contributed by atoms with Gasteiger partial charge < -0.3 is 15.0 Å². The van der Waals surface area contributed by atoms with Gasteiger partial charge in [0.2, 0.25) is 0 Å². The van der Waals surface area contributed by atoms with Crippen molar-refractivity contribution in [3.8, 4) is 5.75 Å². The molecule has 5 aromatic carbocycles. The first-order valence-corrected chi connectivity index (χ1v) is 13.9. The number of nitrogens with one attached hydrogen (secondary N) is 1. The summed E-state index contributed by atoms with van der Waals surface area (Å²) < 4.78 is 5.81. The van der Waals surface area contributed by atoms with Crippen molar-refractivity contribution in [2.24, 2.45) is 0 Å². The number of amides is 2. The van der Waals surface area contributed by atoms with E-state index in [1.807, 2.05) is 133 Å². The molecule has 2 amide bonds. The van der Waals surface area contributed by atoms with Crippen LogP contribution in [-0.2, 0) is 11.3 Å². The molecule has 0 bridgehead atoms. The number of aryl methyl sites for hydroxylation is 1. The molecule has 1 heterocycles. The lowest BCUT2D eigenvalue weighted by Crippen LogP contribution is -2.49. The number of nitrogens with zero attached hydrogens (tertiary/aromatic N) is 2. The number of anilines is 3. The molecule has 1 atom stereocenters. The van der Waals surface area contributed by atoms with Gasteiger partial charge in [-0.3, -0.25) is 14.5 Å². The molecular weight excluding hydrogens is 522 g/mol. The van der Waals surface area contributed by atoms with Crippen LogP contribution in [-0.4, -0.2) is 18.4 Å². The highest BCUT2D eigenvalue weighted by molar-refractivity contribution is 6.12. The highest BCUT2D eigenvalue weighted by Gasteiger charge is 2.39. The zero-order valence-corrected chi connectivity index (χ0v) is 23.3. The molecule has 0 aromatic heterocycles. The first-order chi connectivity index (χ1) is 20.6. The van der Waals surface area contributed by atoms with E-state index in [9.17, 15) is 9.59 Å². The minimum atomic E-state index is -0.408. The van der Waals surface area contributed by atoms with Crippen molar-refractivity contribution in [2.45, 2.75) is 19.6 Å². The number of hydrogen-bond donors (Lipinski definition) is 1. The fourth-order valence-electron chi connectivity index (χ4n) is 5.26. The number of rotatable bonds is 8. The van der Waals surface area contributed by atoms with Crippen LogP contribution >= 0.6 is 0 Å². The molecule has 1 aliphatic heterocycles. The number of ether oxygens (including phenoxy) is 1. The number of fused-ring (bicyclic) bond motifs is 1. The van der Waals surface area contributed by atoms with Gasteiger partial charge in [0, 0.05) is 17.9 Å². The maximum Gasteiger partial charge on any atom is 0.262 e. The fourth-order valence-corrected chi connectivity index (χ4v) is 5.26. The summed E-state index contributed by atoms with van der Waals surface area (Å²) in [7, 11) is 0. The summed E-state index contributed by atoms with van der Waals surface area (Å²) in [6, 6.07) is 43.1. The van der Waals surface area contributed by atoms with Crippen molar-refractivity contribution in [1.29, 1.82) is 0 Å². The Labute approximate surface area is 245 Å². The van der Waals surface area contributed by atoms with Gasteiger partial charge >= 0.3 is 0 Å². The third kappa shape index (κ3) is 5.74. The van der Waals surface area contributed by atoms with Gasteiger partial charge in [-0.25, -0.2) is 0 Å². The molecule has 0 aliphatic carbocycles. The van der Waals surface area contributed by atoms with E-state index >= 15 is 0 Å². The number of benzene rings is 5. The molecule has 1 N–H and O–H groups in total. The van der Waals surface area contributed by atoms with Crippen LogP contribution < -0.4 is 19.9 Å². The molecule has 5 aromatic rings. The van der Waals surface area contributed by atoms with Gasteiger partial charge in [-0.2, -0.15) is 0 Å². The van der Waals surface area contributed by atoms with Crippen LogP contribution in [0.2, 0.25) is 0 Å². The zero-order chi connectivity index (χ0) is 28.9. The molecule has 6 rings (SSSR count). The van der Waals surface area contributed by atoms with Gasteiger partial charge in [0.1, 0.15) is 11.9 Å². The first-order valence-electron chi connectivity index (χ1n) is 13.9. The normalized spacial score (nSPS) is 14.3. The van der Waals surface area contributed by atoms with E-state index in [2.05, 4.69) is 22.3 Å². The average Bonchev–Trinajstić information content (AvgIpc) is 3.03. The molecule has 0 fully saturated rings. The van der Waals surface area contributed by atoms with Crippen molar-refractivity contribution in [1.82, 2.24) is 0 Å². The monoisotopic (exact) mass is 553 g/mol. The highest BCUT2D eigenvalue weighted by atomic mass is 16.5. The van der Waals surface area contributed by atoms with E-state index in [4.69, 9.17) is 4.74 Å². The molecule has 6 nitrogen and oxygen atoms in total. The second kappa shape index (κ2) is 12.0. The van der Waals surface area contributed by atoms with E-state index in [1.54, 1.807) is 0 Å². The summed E-state index contributed by atoms with van der Waals surface area (Å²) in [5, 5.41) is 2.85. The summed E-state index contributed by atoms with van der Waals surface area (Å²) in [6.45, 7) is 2.50. The maximum absolute atomic E-state index is 14.0.